The van der Waals surface area contributed by atoms with Crippen molar-refractivity contribution in [3.63, 3.8) is 0 Å². The van der Waals surface area contributed by atoms with Crippen LogP contribution < -0.4 is 11.3 Å². The Morgan fingerprint density at radius 1 is 1.32 bits per heavy atom. The normalized spacial score (nSPS) is 10.4. The highest BCUT2D eigenvalue weighted by molar-refractivity contribution is 7.80. The first-order valence-electron chi connectivity index (χ1n) is 5.42. The van der Waals surface area contributed by atoms with Gasteiger partial charge in [0.15, 0.2) is 0 Å². The number of hydrogen-bond acceptors (Lipinski definition) is 2. The Labute approximate surface area is 113 Å². The van der Waals surface area contributed by atoms with E-state index in [9.17, 15) is 13.6 Å². The second-order valence-corrected chi connectivity index (χ2v) is 4.39. The third-order valence-corrected chi connectivity index (χ3v) is 2.86. The topological polar surface area (TPSA) is 48.0 Å². The maximum Gasteiger partial charge on any atom is 0.261 e. The molecule has 0 unspecified atom stereocenters. The molecule has 0 bridgehead atoms. The van der Waals surface area contributed by atoms with E-state index in [4.69, 9.17) is 18.0 Å². The summed E-state index contributed by atoms with van der Waals surface area (Å²) in [5.41, 5.74) is 5.42. The van der Waals surface area contributed by atoms with Crippen LogP contribution in [-0.4, -0.2) is 9.56 Å². The molecule has 2 rings (SSSR count). The minimum absolute atomic E-state index is 0.0125. The van der Waals surface area contributed by atoms with Gasteiger partial charge in [-0.1, -0.05) is 18.3 Å². The monoisotopic (exact) mass is 280 g/mol. The zero-order chi connectivity index (χ0) is 14.0. The Morgan fingerprint density at radius 2 is 2.05 bits per heavy atom. The molecule has 3 nitrogen and oxygen atoms in total. The van der Waals surface area contributed by atoms with E-state index >= 15 is 0 Å². The predicted molar refractivity (Wildman–Crippen MR) is 72.0 cm³/mol. The number of benzene rings is 1. The van der Waals surface area contributed by atoms with Gasteiger partial charge in [-0.2, -0.15) is 0 Å². The van der Waals surface area contributed by atoms with Gasteiger partial charge in [0.05, 0.1) is 12.1 Å². The quantitative estimate of drug-likeness (QED) is 0.872. The summed E-state index contributed by atoms with van der Waals surface area (Å²) in [6.45, 7) is -0.0125. The molecule has 2 N–H and O–H groups in total. The van der Waals surface area contributed by atoms with Crippen LogP contribution in [0.4, 0.5) is 8.78 Å². The summed E-state index contributed by atoms with van der Waals surface area (Å²) in [5.74, 6) is -1.36. The number of aromatic nitrogens is 1. The lowest BCUT2D eigenvalue weighted by atomic mass is 10.2. The van der Waals surface area contributed by atoms with Crippen LogP contribution in [0.25, 0.3) is 0 Å². The Bertz CT molecular complexity index is 697. The molecule has 0 saturated heterocycles. The number of thiocarbonyl (C=S) groups is 1. The number of pyridine rings is 1. The largest absolute Gasteiger partial charge is 0.389 e. The zero-order valence-electron chi connectivity index (χ0n) is 9.77. The van der Waals surface area contributed by atoms with Crippen molar-refractivity contribution >= 4 is 17.2 Å². The van der Waals surface area contributed by atoms with Gasteiger partial charge in [-0.05, 0) is 18.2 Å². The lowest BCUT2D eigenvalue weighted by molar-refractivity contribution is 0.564. The predicted octanol–water partition coefficient (Wildman–Crippen LogP) is 1.81. The van der Waals surface area contributed by atoms with E-state index in [0.29, 0.717) is 0 Å². The lowest BCUT2D eigenvalue weighted by Crippen LogP contribution is -2.28. The van der Waals surface area contributed by atoms with Gasteiger partial charge in [0, 0.05) is 17.8 Å². The maximum atomic E-state index is 13.5. The molecule has 0 radical (unpaired) electrons. The highest BCUT2D eigenvalue weighted by Crippen LogP contribution is 2.10. The molecule has 0 aliphatic rings. The van der Waals surface area contributed by atoms with Crippen molar-refractivity contribution in [1.82, 2.24) is 4.57 Å². The molecule has 19 heavy (non-hydrogen) atoms. The van der Waals surface area contributed by atoms with Crippen LogP contribution in [0.5, 0.6) is 0 Å². The minimum Gasteiger partial charge on any atom is -0.389 e. The first-order valence-corrected chi connectivity index (χ1v) is 5.83. The van der Waals surface area contributed by atoms with Crippen molar-refractivity contribution < 1.29 is 8.78 Å². The molecule has 98 valence electrons. The number of rotatable bonds is 3. The Balaban J connectivity index is 2.42. The molecule has 0 saturated carbocycles. The second kappa shape index (κ2) is 5.27. The second-order valence-electron chi connectivity index (χ2n) is 3.95. The molecule has 0 aliphatic heterocycles. The number of halogens is 2. The first kappa shape index (κ1) is 13.4. The van der Waals surface area contributed by atoms with E-state index in [-0.39, 0.29) is 22.7 Å². The molecule has 1 aromatic carbocycles. The highest BCUT2D eigenvalue weighted by Gasteiger charge is 2.09. The van der Waals surface area contributed by atoms with Gasteiger partial charge in [-0.3, -0.25) is 4.79 Å². The maximum absolute atomic E-state index is 13.5. The summed E-state index contributed by atoms with van der Waals surface area (Å²) in [7, 11) is 0. The summed E-state index contributed by atoms with van der Waals surface area (Å²) >= 11 is 4.76. The Morgan fingerprint density at radius 3 is 2.68 bits per heavy atom. The Hall–Kier alpha value is -2.08. The van der Waals surface area contributed by atoms with Crippen LogP contribution >= 0.6 is 12.2 Å². The molecular formula is C13H10F2N2OS. The zero-order valence-corrected chi connectivity index (χ0v) is 10.6. The van der Waals surface area contributed by atoms with Gasteiger partial charge < -0.3 is 10.3 Å². The Kier molecular flexibility index (Phi) is 3.71. The molecule has 0 atom stereocenters. The number of hydrogen-bond donors (Lipinski definition) is 1. The van der Waals surface area contributed by atoms with Crippen molar-refractivity contribution in [3.05, 3.63) is 69.6 Å². The van der Waals surface area contributed by atoms with E-state index in [1.165, 1.54) is 22.9 Å². The van der Waals surface area contributed by atoms with Crippen LogP contribution in [-0.2, 0) is 6.54 Å². The summed E-state index contributed by atoms with van der Waals surface area (Å²) in [6.07, 6.45) is 1.49. The summed E-state index contributed by atoms with van der Waals surface area (Å²) in [4.78, 5) is 12.0. The van der Waals surface area contributed by atoms with Crippen LogP contribution in [0, 0.1) is 11.6 Å². The van der Waals surface area contributed by atoms with E-state index in [2.05, 4.69) is 0 Å². The summed E-state index contributed by atoms with van der Waals surface area (Å²) in [5, 5.41) is 0. The van der Waals surface area contributed by atoms with Gasteiger partial charge in [-0.15, -0.1) is 0 Å². The van der Waals surface area contributed by atoms with Crippen LogP contribution in [0.15, 0.2) is 41.3 Å². The fourth-order valence-electron chi connectivity index (χ4n) is 1.68. The van der Waals surface area contributed by atoms with Crippen LogP contribution in [0.3, 0.4) is 0 Å². The van der Waals surface area contributed by atoms with Crippen molar-refractivity contribution in [3.8, 4) is 0 Å². The average Bonchev–Trinajstić information content (AvgIpc) is 2.34. The van der Waals surface area contributed by atoms with Gasteiger partial charge in [0.2, 0.25) is 0 Å². The highest BCUT2D eigenvalue weighted by atomic mass is 32.1. The molecule has 1 heterocycles. The third-order valence-electron chi connectivity index (χ3n) is 2.64. The van der Waals surface area contributed by atoms with Crippen molar-refractivity contribution in [1.29, 1.82) is 0 Å². The van der Waals surface area contributed by atoms with E-state index in [0.717, 1.165) is 12.1 Å². The number of nitrogens with zero attached hydrogens (tertiary/aromatic N) is 1. The van der Waals surface area contributed by atoms with E-state index < -0.39 is 17.2 Å². The van der Waals surface area contributed by atoms with Gasteiger partial charge >= 0.3 is 0 Å². The molecule has 0 amide bonds. The third kappa shape index (κ3) is 2.85. The van der Waals surface area contributed by atoms with E-state index in [1.54, 1.807) is 6.07 Å². The molecule has 0 aliphatic carbocycles. The smallest absolute Gasteiger partial charge is 0.261 e. The van der Waals surface area contributed by atoms with Crippen molar-refractivity contribution in [2.45, 2.75) is 6.54 Å². The summed E-state index contributed by atoms with van der Waals surface area (Å²) < 4.78 is 27.6. The fourth-order valence-corrected chi connectivity index (χ4v) is 1.84. The SMILES string of the molecule is NC(=S)c1cccn(Cc2ccc(F)cc2F)c1=O. The molecule has 0 spiro atoms. The number of nitrogens with two attached hydrogens (primary N) is 1. The molecular weight excluding hydrogens is 270 g/mol. The van der Waals surface area contributed by atoms with Gasteiger partial charge in [0.25, 0.3) is 5.56 Å². The average molecular weight is 280 g/mol. The minimum atomic E-state index is -0.701. The first-order chi connectivity index (χ1) is 8.99. The fraction of sp³-hybridized carbons (Fsp3) is 0.0769. The standard InChI is InChI=1S/C13H10F2N2OS/c14-9-4-3-8(11(15)6-9)7-17-5-1-2-10(12(16)19)13(17)18/h1-6H,7H2,(H2,16,19). The lowest BCUT2D eigenvalue weighted by Gasteiger charge is -2.08. The summed E-state index contributed by atoms with van der Waals surface area (Å²) in [6, 6.07) is 6.31. The van der Waals surface area contributed by atoms with Gasteiger partial charge in [0.1, 0.15) is 16.6 Å². The van der Waals surface area contributed by atoms with Gasteiger partial charge in [-0.25, -0.2) is 8.78 Å². The van der Waals surface area contributed by atoms with Crippen molar-refractivity contribution in [2.75, 3.05) is 0 Å². The molecule has 0 fully saturated rings. The molecule has 2 aromatic rings. The van der Waals surface area contributed by atoms with E-state index in [1.807, 2.05) is 0 Å². The van der Waals surface area contributed by atoms with Crippen LogP contribution in [0.1, 0.15) is 11.1 Å². The molecule has 1 aromatic heterocycles. The molecule has 6 heteroatoms. The van der Waals surface area contributed by atoms with Crippen LogP contribution in [0.2, 0.25) is 0 Å². The van der Waals surface area contributed by atoms with Crippen molar-refractivity contribution in [2.24, 2.45) is 5.73 Å².